The number of sulfone groups is 1. The molecule has 0 aromatic heterocycles. The fourth-order valence-electron chi connectivity index (χ4n) is 2.87. The monoisotopic (exact) mass is 285 g/mol. The Kier molecular flexibility index (Phi) is 4.46. The van der Waals surface area contributed by atoms with E-state index < -0.39 is 9.84 Å². The highest BCUT2D eigenvalue weighted by molar-refractivity contribution is 7.91. The zero-order valence-electron chi connectivity index (χ0n) is 10.9. The molecule has 0 bridgehead atoms. The van der Waals surface area contributed by atoms with Crippen LogP contribution in [-0.4, -0.2) is 32.0 Å². The normalized spacial score (nSPS) is 33.5. The summed E-state index contributed by atoms with van der Waals surface area (Å²) in [5.74, 6) is -0.398. The number of ether oxygens (including phenoxy) is 1. The lowest BCUT2D eigenvalue weighted by atomic mass is 9.87. The molecule has 2 aliphatic rings. The summed E-state index contributed by atoms with van der Waals surface area (Å²) in [6.07, 6.45) is 3.92. The molecule has 0 radical (unpaired) electrons. The highest BCUT2D eigenvalue weighted by atomic mass is 32.2. The Bertz CT molecular complexity index is 479. The third kappa shape index (κ3) is 3.93. The molecule has 0 unspecified atom stereocenters. The van der Waals surface area contributed by atoms with Crippen molar-refractivity contribution in [3.63, 3.8) is 0 Å². The maximum Gasteiger partial charge on any atom is 0.306 e. The van der Waals surface area contributed by atoms with Crippen LogP contribution >= 0.6 is 0 Å². The van der Waals surface area contributed by atoms with Crippen LogP contribution in [0.4, 0.5) is 0 Å². The highest BCUT2D eigenvalue weighted by Crippen LogP contribution is 2.28. The van der Waals surface area contributed by atoms with Crippen molar-refractivity contribution in [1.29, 1.82) is 5.26 Å². The van der Waals surface area contributed by atoms with E-state index in [0.29, 0.717) is 6.42 Å². The van der Waals surface area contributed by atoms with E-state index >= 15 is 0 Å². The number of esters is 1. The van der Waals surface area contributed by atoms with E-state index in [1.807, 2.05) is 0 Å². The fourth-order valence-corrected chi connectivity index (χ4v) is 4.73. The molecule has 1 aliphatic heterocycles. The van der Waals surface area contributed by atoms with E-state index in [0.717, 1.165) is 25.7 Å². The maximum atomic E-state index is 11.8. The fraction of sp³-hybridized carbons (Fsp3) is 0.846. The summed E-state index contributed by atoms with van der Waals surface area (Å²) in [6, 6.07) is 2.19. The smallest absolute Gasteiger partial charge is 0.306 e. The Hall–Kier alpha value is -1.09. The number of hydrogen-bond donors (Lipinski definition) is 0. The number of nitriles is 1. The number of nitrogens with zero attached hydrogens (tertiary/aromatic N) is 1. The Morgan fingerprint density at radius 3 is 2.63 bits per heavy atom. The van der Waals surface area contributed by atoms with Crippen molar-refractivity contribution in [2.75, 3.05) is 11.5 Å². The zero-order valence-corrected chi connectivity index (χ0v) is 11.7. The van der Waals surface area contributed by atoms with Crippen molar-refractivity contribution in [3.05, 3.63) is 0 Å². The van der Waals surface area contributed by atoms with Gasteiger partial charge in [0, 0.05) is 6.42 Å². The average molecular weight is 285 g/mol. The molecule has 5 nitrogen and oxygen atoms in total. The summed E-state index contributed by atoms with van der Waals surface area (Å²) in [7, 11) is -2.95. The van der Waals surface area contributed by atoms with Crippen LogP contribution < -0.4 is 0 Å². The van der Waals surface area contributed by atoms with Gasteiger partial charge in [-0.3, -0.25) is 4.79 Å². The minimum absolute atomic E-state index is 0.0917. The maximum absolute atomic E-state index is 11.8. The molecule has 0 spiro atoms. The number of carbonyl (C=O) groups excluding carboxylic acids is 1. The summed E-state index contributed by atoms with van der Waals surface area (Å²) < 4.78 is 28.0. The summed E-state index contributed by atoms with van der Waals surface area (Å²) in [5, 5.41) is 9.01. The van der Waals surface area contributed by atoms with Gasteiger partial charge in [0.1, 0.15) is 6.10 Å². The lowest BCUT2D eigenvalue weighted by Crippen LogP contribution is -2.30. The van der Waals surface area contributed by atoms with Gasteiger partial charge in [0.05, 0.1) is 23.5 Å². The van der Waals surface area contributed by atoms with Crippen LogP contribution in [0.15, 0.2) is 0 Å². The number of hydrogen-bond acceptors (Lipinski definition) is 5. The van der Waals surface area contributed by atoms with E-state index in [1.165, 1.54) is 0 Å². The molecule has 1 saturated heterocycles. The minimum Gasteiger partial charge on any atom is -0.461 e. The molecular formula is C13H19NO4S. The van der Waals surface area contributed by atoms with Crippen LogP contribution in [0.25, 0.3) is 0 Å². The van der Waals surface area contributed by atoms with Gasteiger partial charge in [0.15, 0.2) is 9.84 Å². The van der Waals surface area contributed by atoms with Crippen LogP contribution in [-0.2, 0) is 19.4 Å². The summed E-state index contributed by atoms with van der Waals surface area (Å²) in [4.78, 5) is 11.8. The number of carbonyl (C=O) groups is 1. The van der Waals surface area contributed by atoms with E-state index in [2.05, 4.69) is 6.07 Å². The Morgan fingerprint density at radius 1 is 1.26 bits per heavy atom. The van der Waals surface area contributed by atoms with Gasteiger partial charge in [-0.15, -0.1) is 0 Å². The van der Waals surface area contributed by atoms with Crippen LogP contribution in [0.3, 0.4) is 0 Å². The first-order chi connectivity index (χ1) is 9.00. The first-order valence-corrected chi connectivity index (χ1v) is 8.62. The third-order valence-corrected chi connectivity index (χ3v) is 5.77. The van der Waals surface area contributed by atoms with Crippen LogP contribution in [0.1, 0.15) is 38.5 Å². The van der Waals surface area contributed by atoms with E-state index in [9.17, 15) is 13.2 Å². The van der Waals surface area contributed by atoms with Crippen LogP contribution in [0, 0.1) is 23.2 Å². The van der Waals surface area contributed by atoms with Gasteiger partial charge in [-0.05, 0) is 31.6 Å². The second-order valence-corrected chi connectivity index (χ2v) is 7.75. The second-order valence-electron chi connectivity index (χ2n) is 5.52. The lowest BCUT2D eigenvalue weighted by Gasteiger charge is -2.26. The molecule has 0 aromatic rings. The summed E-state index contributed by atoms with van der Waals surface area (Å²) in [5.41, 5.74) is 0. The number of rotatable bonds is 3. The van der Waals surface area contributed by atoms with E-state index in [-0.39, 0.29) is 41.8 Å². The Balaban J connectivity index is 1.83. The molecule has 1 aliphatic carbocycles. The quantitative estimate of drug-likeness (QED) is 0.732. The summed E-state index contributed by atoms with van der Waals surface area (Å²) in [6.45, 7) is 0. The predicted molar refractivity (Wildman–Crippen MR) is 68.8 cm³/mol. The van der Waals surface area contributed by atoms with Gasteiger partial charge in [0.25, 0.3) is 0 Å². The molecule has 0 aromatic carbocycles. The minimum atomic E-state index is -2.95. The third-order valence-electron chi connectivity index (χ3n) is 3.93. The largest absolute Gasteiger partial charge is 0.461 e. The average Bonchev–Trinajstić information content (AvgIpc) is 2.69. The zero-order chi connectivity index (χ0) is 13.9. The molecule has 6 heteroatoms. The lowest BCUT2D eigenvalue weighted by molar-refractivity contribution is -0.153. The molecule has 2 fully saturated rings. The molecule has 3 atom stereocenters. The molecule has 2 rings (SSSR count). The molecule has 1 heterocycles. The van der Waals surface area contributed by atoms with Gasteiger partial charge in [-0.1, -0.05) is 6.42 Å². The predicted octanol–water partition coefficient (Wildman–Crippen LogP) is 1.44. The molecule has 0 amide bonds. The molecule has 19 heavy (non-hydrogen) atoms. The molecular weight excluding hydrogens is 266 g/mol. The van der Waals surface area contributed by atoms with Crippen molar-refractivity contribution < 1.29 is 17.9 Å². The van der Waals surface area contributed by atoms with Gasteiger partial charge in [0.2, 0.25) is 0 Å². The first kappa shape index (κ1) is 14.3. The van der Waals surface area contributed by atoms with Crippen molar-refractivity contribution in [2.45, 2.75) is 44.6 Å². The van der Waals surface area contributed by atoms with Crippen LogP contribution in [0.2, 0.25) is 0 Å². The van der Waals surface area contributed by atoms with Gasteiger partial charge < -0.3 is 4.74 Å². The van der Waals surface area contributed by atoms with Crippen molar-refractivity contribution >= 4 is 15.8 Å². The van der Waals surface area contributed by atoms with E-state index in [4.69, 9.17) is 10.00 Å². The second kappa shape index (κ2) is 5.91. The van der Waals surface area contributed by atoms with Gasteiger partial charge in [-0.25, -0.2) is 8.42 Å². The van der Waals surface area contributed by atoms with Crippen molar-refractivity contribution in [1.82, 2.24) is 0 Å². The first-order valence-electron chi connectivity index (χ1n) is 6.80. The van der Waals surface area contributed by atoms with Gasteiger partial charge >= 0.3 is 5.97 Å². The van der Waals surface area contributed by atoms with Gasteiger partial charge in [-0.2, -0.15) is 5.26 Å². The highest BCUT2D eigenvalue weighted by Gasteiger charge is 2.32. The Labute approximate surface area is 113 Å². The molecule has 1 saturated carbocycles. The molecule has 0 N–H and O–H groups in total. The Morgan fingerprint density at radius 2 is 2.00 bits per heavy atom. The van der Waals surface area contributed by atoms with E-state index in [1.54, 1.807) is 0 Å². The van der Waals surface area contributed by atoms with Crippen molar-refractivity contribution in [2.24, 2.45) is 11.8 Å². The van der Waals surface area contributed by atoms with Crippen molar-refractivity contribution in [3.8, 4) is 6.07 Å². The summed E-state index contributed by atoms with van der Waals surface area (Å²) >= 11 is 0. The molecule has 106 valence electrons. The topological polar surface area (TPSA) is 84.2 Å². The SMILES string of the molecule is N#C[C@@H]1CCCC[C@H]1OC(=O)C[C@H]1CCS(=O)(=O)C1. The standard InChI is InChI=1S/C13H19NO4S/c14-8-11-3-1-2-4-12(11)18-13(15)7-10-5-6-19(16,17)9-10/h10-12H,1-7,9H2/t10-,11+,12-/m1/s1. The van der Waals surface area contributed by atoms with Crippen LogP contribution in [0.5, 0.6) is 0 Å².